The molecule has 0 aliphatic heterocycles. The molecule has 1 heterocycles. The first-order chi connectivity index (χ1) is 5.22. The van der Waals surface area contributed by atoms with E-state index in [0.29, 0.717) is 23.9 Å². The monoisotopic (exact) mass is 153 g/mol. The number of aliphatic hydroxyl groups is 1. The summed E-state index contributed by atoms with van der Waals surface area (Å²) in [4.78, 5) is 12.1. The first kappa shape index (κ1) is 8.07. The maximum absolute atomic E-state index is 8.60. The van der Waals surface area contributed by atoms with Gasteiger partial charge in [0.25, 0.3) is 0 Å². The van der Waals surface area contributed by atoms with E-state index in [1.54, 1.807) is 0 Å². The Morgan fingerprint density at radius 1 is 1.09 bits per heavy atom. The quantitative estimate of drug-likeness (QED) is 0.651. The molecule has 1 rings (SSSR count). The third kappa shape index (κ3) is 2.23. The van der Waals surface area contributed by atoms with E-state index in [1.165, 1.54) is 0 Å². The van der Waals surface area contributed by atoms with Crippen molar-refractivity contribution in [2.75, 3.05) is 6.61 Å². The SMILES string of the molecule is Cc1nc(C)nc(CCO)n1. The van der Waals surface area contributed by atoms with Gasteiger partial charge >= 0.3 is 0 Å². The van der Waals surface area contributed by atoms with Gasteiger partial charge in [-0.3, -0.25) is 0 Å². The summed E-state index contributed by atoms with van der Waals surface area (Å²) in [6, 6.07) is 0. The predicted molar refractivity (Wildman–Crippen MR) is 40.1 cm³/mol. The summed E-state index contributed by atoms with van der Waals surface area (Å²) in [5.41, 5.74) is 0. The lowest BCUT2D eigenvalue weighted by atomic mass is 10.4. The third-order valence-electron chi connectivity index (χ3n) is 1.24. The minimum absolute atomic E-state index is 0.0862. The van der Waals surface area contributed by atoms with Crippen LogP contribution in [-0.4, -0.2) is 26.7 Å². The van der Waals surface area contributed by atoms with Crippen molar-refractivity contribution in [3.8, 4) is 0 Å². The Labute approximate surface area is 65.3 Å². The molecule has 0 aliphatic carbocycles. The van der Waals surface area contributed by atoms with Crippen LogP contribution in [0, 0.1) is 13.8 Å². The number of aromatic nitrogens is 3. The summed E-state index contributed by atoms with van der Waals surface area (Å²) in [7, 11) is 0. The zero-order chi connectivity index (χ0) is 8.27. The van der Waals surface area contributed by atoms with Crippen LogP contribution in [0.1, 0.15) is 17.5 Å². The van der Waals surface area contributed by atoms with Crippen LogP contribution in [0.4, 0.5) is 0 Å². The van der Waals surface area contributed by atoms with Gasteiger partial charge < -0.3 is 5.11 Å². The van der Waals surface area contributed by atoms with E-state index in [-0.39, 0.29) is 6.61 Å². The van der Waals surface area contributed by atoms with Crippen LogP contribution in [0.2, 0.25) is 0 Å². The topological polar surface area (TPSA) is 58.9 Å². The molecule has 1 N–H and O–H groups in total. The Hall–Kier alpha value is -1.03. The van der Waals surface area contributed by atoms with Gasteiger partial charge in [0.1, 0.15) is 17.5 Å². The number of nitrogens with zero attached hydrogens (tertiary/aromatic N) is 3. The molecule has 0 amide bonds. The minimum atomic E-state index is 0.0862. The van der Waals surface area contributed by atoms with Gasteiger partial charge in [-0.05, 0) is 13.8 Å². The zero-order valence-electron chi connectivity index (χ0n) is 6.70. The van der Waals surface area contributed by atoms with Gasteiger partial charge in [0.2, 0.25) is 0 Å². The van der Waals surface area contributed by atoms with Gasteiger partial charge in [-0.25, -0.2) is 15.0 Å². The number of rotatable bonds is 2. The second kappa shape index (κ2) is 3.39. The maximum atomic E-state index is 8.60. The normalized spacial score (nSPS) is 10.1. The van der Waals surface area contributed by atoms with E-state index in [1.807, 2.05) is 13.8 Å². The molecule has 0 saturated carbocycles. The van der Waals surface area contributed by atoms with Gasteiger partial charge in [-0.2, -0.15) is 0 Å². The molecule has 1 aromatic heterocycles. The first-order valence-corrected chi connectivity index (χ1v) is 3.51. The average molecular weight is 153 g/mol. The molecule has 11 heavy (non-hydrogen) atoms. The van der Waals surface area contributed by atoms with Crippen molar-refractivity contribution in [3.63, 3.8) is 0 Å². The number of aryl methyl sites for hydroxylation is 2. The lowest BCUT2D eigenvalue weighted by Gasteiger charge is -1.98. The van der Waals surface area contributed by atoms with Gasteiger partial charge in [-0.15, -0.1) is 0 Å². The molecule has 0 spiro atoms. The molecule has 60 valence electrons. The van der Waals surface area contributed by atoms with E-state index >= 15 is 0 Å². The highest BCUT2D eigenvalue weighted by Gasteiger charge is 1.98. The smallest absolute Gasteiger partial charge is 0.134 e. The molecule has 0 fully saturated rings. The first-order valence-electron chi connectivity index (χ1n) is 3.51. The Kier molecular flexibility index (Phi) is 2.48. The molecule has 0 bridgehead atoms. The van der Waals surface area contributed by atoms with E-state index < -0.39 is 0 Å². The van der Waals surface area contributed by atoms with Gasteiger partial charge in [0, 0.05) is 6.42 Å². The number of hydrogen-bond donors (Lipinski definition) is 1. The van der Waals surface area contributed by atoms with Crippen molar-refractivity contribution in [1.82, 2.24) is 15.0 Å². The van der Waals surface area contributed by atoms with Gasteiger partial charge in [-0.1, -0.05) is 0 Å². The van der Waals surface area contributed by atoms with Crippen molar-refractivity contribution in [1.29, 1.82) is 0 Å². The molecular formula is C7H11N3O. The summed E-state index contributed by atoms with van der Waals surface area (Å²) >= 11 is 0. The predicted octanol–water partition coefficient (Wildman–Crippen LogP) is 0.0232. The molecule has 4 heteroatoms. The zero-order valence-corrected chi connectivity index (χ0v) is 6.70. The van der Waals surface area contributed by atoms with Crippen LogP contribution in [0.25, 0.3) is 0 Å². The van der Waals surface area contributed by atoms with Crippen LogP contribution in [0.5, 0.6) is 0 Å². The summed E-state index contributed by atoms with van der Waals surface area (Å²) in [5.74, 6) is 2.08. The average Bonchev–Trinajstić information content (AvgIpc) is 1.85. The molecule has 4 nitrogen and oxygen atoms in total. The molecule has 1 aromatic rings. The molecule has 0 saturated heterocycles. The standard InChI is InChI=1S/C7H11N3O/c1-5-8-6(2)10-7(9-5)3-4-11/h11H,3-4H2,1-2H3. The van der Waals surface area contributed by atoms with Crippen molar-refractivity contribution < 1.29 is 5.11 Å². The van der Waals surface area contributed by atoms with E-state index in [4.69, 9.17) is 5.11 Å². The number of hydrogen-bond acceptors (Lipinski definition) is 4. The van der Waals surface area contributed by atoms with E-state index in [9.17, 15) is 0 Å². The maximum Gasteiger partial charge on any atom is 0.134 e. The Bertz CT molecular complexity index is 229. The second-order valence-corrected chi connectivity index (χ2v) is 2.32. The molecule has 0 aliphatic rings. The summed E-state index contributed by atoms with van der Waals surface area (Å²) < 4.78 is 0. The minimum Gasteiger partial charge on any atom is -0.396 e. The summed E-state index contributed by atoms with van der Waals surface area (Å²) in [5, 5.41) is 8.60. The van der Waals surface area contributed by atoms with Crippen LogP contribution < -0.4 is 0 Å². The fourth-order valence-corrected chi connectivity index (χ4v) is 0.895. The fraction of sp³-hybridized carbons (Fsp3) is 0.571. The molecule has 0 atom stereocenters. The van der Waals surface area contributed by atoms with E-state index in [2.05, 4.69) is 15.0 Å². The molecule has 0 radical (unpaired) electrons. The highest BCUT2D eigenvalue weighted by atomic mass is 16.3. The van der Waals surface area contributed by atoms with Crippen molar-refractivity contribution in [3.05, 3.63) is 17.5 Å². The van der Waals surface area contributed by atoms with Crippen LogP contribution in [-0.2, 0) is 6.42 Å². The summed E-state index contributed by atoms with van der Waals surface area (Å²) in [6.45, 7) is 3.72. The lowest BCUT2D eigenvalue weighted by Crippen LogP contribution is -2.04. The van der Waals surface area contributed by atoms with Crippen molar-refractivity contribution in [2.24, 2.45) is 0 Å². The van der Waals surface area contributed by atoms with Gasteiger partial charge in [0.15, 0.2) is 0 Å². The van der Waals surface area contributed by atoms with Gasteiger partial charge in [0.05, 0.1) is 6.61 Å². The van der Waals surface area contributed by atoms with E-state index in [0.717, 1.165) is 0 Å². The van der Waals surface area contributed by atoms with Crippen LogP contribution in [0.15, 0.2) is 0 Å². The van der Waals surface area contributed by atoms with Crippen molar-refractivity contribution >= 4 is 0 Å². The molecule has 0 aromatic carbocycles. The Balaban J connectivity index is 2.89. The van der Waals surface area contributed by atoms with Crippen LogP contribution >= 0.6 is 0 Å². The van der Waals surface area contributed by atoms with Crippen LogP contribution in [0.3, 0.4) is 0 Å². The Morgan fingerprint density at radius 2 is 1.64 bits per heavy atom. The summed E-state index contributed by atoms with van der Waals surface area (Å²) in [6.07, 6.45) is 0.504. The van der Waals surface area contributed by atoms with Crippen molar-refractivity contribution in [2.45, 2.75) is 20.3 Å². The fourth-order valence-electron chi connectivity index (χ4n) is 0.895. The Morgan fingerprint density at radius 3 is 2.09 bits per heavy atom. The second-order valence-electron chi connectivity index (χ2n) is 2.32. The highest BCUT2D eigenvalue weighted by molar-refractivity contribution is 4.94. The lowest BCUT2D eigenvalue weighted by molar-refractivity contribution is 0.296. The largest absolute Gasteiger partial charge is 0.396 e. The molecular weight excluding hydrogens is 142 g/mol. The molecule has 0 unspecified atom stereocenters. The number of aliphatic hydroxyl groups excluding tert-OH is 1. The third-order valence-corrected chi connectivity index (χ3v) is 1.24. The highest BCUT2D eigenvalue weighted by Crippen LogP contribution is 1.94.